The molecule has 0 amide bonds. The fraction of sp³-hybridized carbons (Fsp3) is 0.867. The van der Waals surface area contributed by atoms with Crippen LogP contribution in [-0.4, -0.2) is 55.6 Å². The topological polar surface area (TPSA) is 30.9 Å². The summed E-state index contributed by atoms with van der Waals surface area (Å²) in [5.41, 5.74) is -0.0522. The van der Waals surface area contributed by atoms with E-state index in [1.54, 1.807) is 0 Å². The summed E-state index contributed by atoms with van der Waals surface area (Å²) in [6.07, 6.45) is 9.04. The van der Waals surface area contributed by atoms with Crippen LogP contribution in [0.15, 0.2) is 12.3 Å². The molecule has 0 saturated carbocycles. The summed E-state index contributed by atoms with van der Waals surface area (Å²) in [6, 6.07) is 0. The average molecular weight is 267 g/mol. The summed E-state index contributed by atoms with van der Waals surface area (Å²) in [5.74, 6) is 0. The van der Waals surface area contributed by atoms with Gasteiger partial charge in [0.15, 0.2) is 0 Å². The molecular weight excluding hydrogens is 242 g/mol. The number of ether oxygens (including phenoxy) is 3. The molecule has 19 heavy (non-hydrogen) atoms. The number of hydrogen-bond donors (Lipinski definition) is 0. The fourth-order valence-corrected chi connectivity index (χ4v) is 3.35. The van der Waals surface area contributed by atoms with Crippen molar-refractivity contribution < 1.29 is 14.2 Å². The van der Waals surface area contributed by atoms with Gasteiger partial charge in [0.05, 0.1) is 19.0 Å². The maximum atomic E-state index is 6.28. The summed E-state index contributed by atoms with van der Waals surface area (Å²) < 4.78 is 17.6. The Morgan fingerprint density at radius 2 is 2.32 bits per heavy atom. The highest BCUT2D eigenvalue weighted by molar-refractivity contribution is 4.95. The van der Waals surface area contributed by atoms with Gasteiger partial charge in [-0.1, -0.05) is 6.92 Å². The lowest BCUT2D eigenvalue weighted by Crippen LogP contribution is -2.57. The molecule has 2 saturated heterocycles. The van der Waals surface area contributed by atoms with Crippen molar-refractivity contribution in [2.75, 3.05) is 32.8 Å². The first-order chi connectivity index (χ1) is 9.30. The lowest BCUT2D eigenvalue weighted by atomic mass is 9.98. The van der Waals surface area contributed by atoms with Crippen molar-refractivity contribution in [3.8, 4) is 0 Å². The Morgan fingerprint density at radius 3 is 3.00 bits per heavy atom. The van der Waals surface area contributed by atoms with Gasteiger partial charge < -0.3 is 14.2 Å². The molecule has 0 aliphatic carbocycles. The molecular formula is C15H25NO3. The highest BCUT2D eigenvalue weighted by Gasteiger charge is 2.43. The van der Waals surface area contributed by atoms with Gasteiger partial charge in [-0.05, 0) is 25.3 Å². The maximum Gasteiger partial charge on any atom is 0.111 e. The molecule has 3 heterocycles. The minimum atomic E-state index is -0.0522. The smallest absolute Gasteiger partial charge is 0.111 e. The van der Waals surface area contributed by atoms with Gasteiger partial charge in [-0.15, -0.1) is 0 Å². The van der Waals surface area contributed by atoms with Crippen LogP contribution in [0, 0.1) is 0 Å². The minimum Gasteiger partial charge on any atom is -0.497 e. The molecule has 0 N–H and O–H groups in total. The molecule has 2 fully saturated rings. The molecule has 4 nitrogen and oxygen atoms in total. The van der Waals surface area contributed by atoms with E-state index in [1.165, 1.54) is 0 Å². The molecule has 3 aliphatic heterocycles. The van der Waals surface area contributed by atoms with E-state index in [1.807, 2.05) is 6.26 Å². The SMILES string of the molecule is CCC1CN(CC2CCC=CO2)CC2(CCOC2)O1. The first-order valence-electron chi connectivity index (χ1n) is 7.58. The summed E-state index contributed by atoms with van der Waals surface area (Å²) >= 11 is 0. The Hall–Kier alpha value is -0.580. The Morgan fingerprint density at radius 1 is 1.37 bits per heavy atom. The third-order valence-electron chi connectivity index (χ3n) is 4.40. The molecule has 4 heteroatoms. The Kier molecular flexibility index (Phi) is 4.10. The molecule has 1 spiro atoms. The van der Waals surface area contributed by atoms with Gasteiger partial charge in [-0.3, -0.25) is 4.90 Å². The van der Waals surface area contributed by atoms with Gasteiger partial charge in [0.25, 0.3) is 0 Å². The summed E-state index contributed by atoms with van der Waals surface area (Å²) in [7, 11) is 0. The summed E-state index contributed by atoms with van der Waals surface area (Å²) in [6.45, 7) is 6.84. The second-order valence-corrected chi connectivity index (χ2v) is 6.04. The zero-order valence-electron chi connectivity index (χ0n) is 11.8. The molecule has 108 valence electrons. The van der Waals surface area contributed by atoms with E-state index < -0.39 is 0 Å². The molecule has 3 rings (SSSR count). The van der Waals surface area contributed by atoms with Crippen molar-refractivity contribution in [1.29, 1.82) is 0 Å². The highest BCUT2D eigenvalue weighted by Crippen LogP contribution is 2.31. The van der Waals surface area contributed by atoms with Crippen LogP contribution in [0.3, 0.4) is 0 Å². The van der Waals surface area contributed by atoms with Crippen LogP contribution in [0.4, 0.5) is 0 Å². The van der Waals surface area contributed by atoms with Crippen molar-refractivity contribution in [1.82, 2.24) is 4.90 Å². The monoisotopic (exact) mass is 267 g/mol. The second kappa shape index (κ2) is 5.81. The average Bonchev–Trinajstić information content (AvgIpc) is 2.87. The highest BCUT2D eigenvalue weighted by atomic mass is 16.6. The zero-order valence-corrected chi connectivity index (χ0v) is 11.8. The van der Waals surface area contributed by atoms with Crippen molar-refractivity contribution in [3.63, 3.8) is 0 Å². The number of morpholine rings is 1. The predicted molar refractivity (Wildman–Crippen MR) is 73.0 cm³/mol. The Labute approximate surface area is 115 Å². The Balaban J connectivity index is 1.61. The molecule has 0 radical (unpaired) electrons. The van der Waals surface area contributed by atoms with E-state index in [4.69, 9.17) is 14.2 Å². The third kappa shape index (κ3) is 3.12. The lowest BCUT2D eigenvalue weighted by molar-refractivity contribution is -0.159. The quantitative estimate of drug-likeness (QED) is 0.782. The molecule has 3 atom stereocenters. The normalized spacial score (nSPS) is 39.6. The van der Waals surface area contributed by atoms with Gasteiger partial charge in [0, 0.05) is 32.7 Å². The molecule has 3 aliphatic rings. The van der Waals surface area contributed by atoms with E-state index in [0.717, 1.165) is 58.5 Å². The first-order valence-corrected chi connectivity index (χ1v) is 7.58. The summed E-state index contributed by atoms with van der Waals surface area (Å²) in [4.78, 5) is 2.52. The van der Waals surface area contributed by atoms with Crippen molar-refractivity contribution in [2.24, 2.45) is 0 Å². The van der Waals surface area contributed by atoms with E-state index in [9.17, 15) is 0 Å². The van der Waals surface area contributed by atoms with Crippen LogP contribution in [0.5, 0.6) is 0 Å². The van der Waals surface area contributed by atoms with Gasteiger partial charge >= 0.3 is 0 Å². The largest absolute Gasteiger partial charge is 0.497 e. The van der Waals surface area contributed by atoms with Crippen molar-refractivity contribution in [3.05, 3.63) is 12.3 Å². The lowest BCUT2D eigenvalue weighted by Gasteiger charge is -2.44. The van der Waals surface area contributed by atoms with Crippen LogP contribution in [-0.2, 0) is 14.2 Å². The van der Waals surface area contributed by atoms with Crippen LogP contribution in [0.25, 0.3) is 0 Å². The van der Waals surface area contributed by atoms with Crippen LogP contribution in [0.1, 0.15) is 32.6 Å². The molecule has 0 bridgehead atoms. The van der Waals surface area contributed by atoms with Gasteiger partial charge in [0.2, 0.25) is 0 Å². The number of nitrogens with zero attached hydrogens (tertiary/aromatic N) is 1. The van der Waals surface area contributed by atoms with Crippen LogP contribution in [0.2, 0.25) is 0 Å². The van der Waals surface area contributed by atoms with Gasteiger partial charge in [-0.2, -0.15) is 0 Å². The van der Waals surface area contributed by atoms with E-state index in [0.29, 0.717) is 12.2 Å². The minimum absolute atomic E-state index is 0.0522. The fourth-order valence-electron chi connectivity index (χ4n) is 3.35. The van der Waals surface area contributed by atoms with Crippen molar-refractivity contribution >= 4 is 0 Å². The Bertz CT molecular complexity index is 325. The number of hydrogen-bond acceptors (Lipinski definition) is 4. The standard InChI is InChI=1S/C15H25NO3/c1-2-13-9-16(10-14-5-3-4-7-18-14)11-15(19-13)6-8-17-12-15/h4,7,13-14H,2-3,5-6,8-12H2,1H3. The van der Waals surface area contributed by atoms with Gasteiger partial charge in [0.1, 0.15) is 11.7 Å². The molecule has 0 aromatic carbocycles. The van der Waals surface area contributed by atoms with Crippen molar-refractivity contribution in [2.45, 2.75) is 50.4 Å². The van der Waals surface area contributed by atoms with Crippen LogP contribution < -0.4 is 0 Å². The summed E-state index contributed by atoms with van der Waals surface area (Å²) in [5, 5.41) is 0. The first kappa shape index (κ1) is 13.4. The maximum absolute atomic E-state index is 6.28. The zero-order chi connectivity index (χ0) is 13.1. The molecule has 3 unspecified atom stereocenters. The third-order valence-corrected chi connectivity index (χ3v) is 4.40. The van der Waals surface area contributed by atoms with E-state index in [-0.39, 0.29) is 5.60 Å². The molecule has 0 aromatic rings. The number of rotatable bonds is 3. The molecule has 0 aromatic heterocycles. The van der Waals surface area contributed by atoms with E-state index >= 15 is 0 Å². The number of allylic oxidation sites excluding steroid dienone is 1. The van der Waals surface area contributed by atoms with Crippen LogP contribution >= 0.6 is 0 Å². The second-order valence-electron chi connectivity index (χ2n) is 6.04. The predicted octanol–water partition coefficient (Wildman–Crippen LogP) is 1.95. The van der Waals surface area contributed by atoms with E-state index in [2.05, 4.69) is 17.9 Å². The van der Waals surface area contributed by atoms with Gasteiger partial charge in [-0.25, -0.2) is 0 Å².